The largest absolute Gasteiger partial charge is 0.444 e. The molecule has 3 rings (SSSR count). The number of ether oxygens (including phenoxy) is 5. The Kier molecular flexibility index (Phi) is 13.5. The van der Waals surface area contributed by atoms with Crippen LogP contribution in [0.3, 0.4) is 0 Å². The summed E-state index contributed by atoms with van der Waals surface area (Å²) in [6.07, 6.45) is 3.53. The third-order valence-corrected chi connectivity index (χ3v) is 6.49. The van der Waals surface area contributed by atoms with E-state index < -0.39 is 41.4 Å². The topological polar surface area (TPSA) is 159 Å². The number of nitrogens with zero attached hydrogens (tertiary/aromatic N) is 1. The molecule has 2 aliphatic heterocycles. The van der Waals surface area contributed by atoms with Gasteiger partial charge in [0.25, 0.3) is 11.8 Å². The van der Waals surface area contributed by atoms with E-state index in [1.807, 2.05) is 19.1 Å². The number of piperidine rings is 1. The minimum absolute atomic E-state index is 0.0778. The molecule has 13 heteroatoms. The summed E-state index contributed by atoms with van der Waals surface area (Å²) >= 11 is 0. The van der Waals surface area contributed by atoms with Gasteiger partial charge >= 0.3 is 6.09 Å². The number of nitrogens with one attached hydrogen (secondary N) is 2. The standard InChI is InChI=1S/C31H43N3O10/c1-21(20-43-18-17-42-16-15-41-14-13-40-12-11-32-30(39)44-31(2,3)4)5-6-22-7-8-23-24(19-22)29(38)34(28(23)37)25-9-10-26(35)33-27(25)36/h5-8,19,21,25H,9-18,20H2,1-4H3,(H,32,39)(H,33,35,36)/b6-5+. The van der Waals surface area contributed by atoms with Crippen LogP contribution in [-0.4, -0.2) is 106 Å². The molecule has 0 bridgehead atoms. The first-order chi connectivity index (χ1) is 21.0. The van der Waals surface area contributed by atoms with Gasteiger partial charge in [0.2, 0.25) is 11.8 Å². The fourth-order valence-corrected chi connectivity index (χ4v) is 4.39. The van der Waals surface area contributed by atoms with Crippen molar-refractivity contribution in [3.05, 3.63) is 41.0 Å². The number of alkyl carbamates (subject to hydrolysis) is 1. The van der Waals surface area contributed by atoms with Crippen molar-refractivity contribution >= 4 is 35.8 Å². The Morgan fingerprint density at radius 1 is 0.955 bits per heavy atom. The van der Waals surface area contributed by atoms with Crippen molar-refractivity contribution in [3.8, 4) is 0 Å². The number of rotatable bonds is 17. The Labute approximate surface area is 257 Å². The molecule has 0 spiro atoms. The highest BCUT2D eigenvalue weighted by Crippen LogP contribution is 2.28. The first-order valence-electron chi connectivity index (χ1n) is 14.8. The van der Waals surface area contributed by atoms with Crippen LogP contribution in [0, 0.1) is 5.92 Å². The molecule has 5 amide bonds. The van der Waals surface area contributed by atoms with Crippen LogP contribution in [-0.2, 0) is 33.3 Å². The molecule has 1 saturated heterocycles. The number of carbonyl (C=O) groups excluding carboxylic acids is 5. The molecular weight excluding hydrogens is 574 g/mol. The lowest BCUT2D eigenvalue weighted by atomic mass is 10.0. The van der Waals surface area contributed by atoms with Crippen molar-refractivity contribution in [2.24, 2.45) is 5.92 Å². The molecule has 1 fully saturated rings. The second-order valence-electron chi connectivity index (χ2n) is 11.4. The summed E-state index contributed by atoms with van der Waals surface area (Å²) in [5, 5.41) is 4.81. The second-order valence-corrected chi connectivity index (χ2v) is 11.4. The summed E-state index contributed by atoms with van der Waals surface area (Å²) in [7, 11) is 0. The molecule has 242 valence electrons. The summed E-state index contributed by atoms with van der Waals surface area (Å²) in [4.78, 5) is 62.0. The number of imide groups is 2. The number of hydrogen-bond donors (Lipinski definition) is 2. The van der Waals surface area contributed by atoms with Crippen molar-refractivity contribution in [2.45, 2.75) is 52.2 Å². The predicted molar refractivity (Wildman–Crippen MR) is 159 cm³/mol. The van der Waals surface area contributed by atoms with Crippen LogP contribution < -0.4 is 10.6 Å². The van der Waals surface area contributed by atoms with Gasteiger partial charge in [-0.1, -0.05) is 25.1 Å². The summed E-state index contributed by atoms with van der Waals surface area (Å²) < 4.78 is 27.1. The molecule has 1 aromatic rings. The Hall–Kier alpha value is -3.65. The minimum atomic E-state index is -0.986. The third-order valence-electron chi connectivity index (χ3n) is 6.49. The van der Waals surface area contributed by atoms with Crippen LogP contribution in [0.5, 0.6) is 0 Å². The van der Waals surface area contributed by atoms with E-state index in [-0.39, 0.29) is 29.9 Å². The van der Waals surface area contributed by atoms with Crippen molar-refractivity contribution in [1.29, 1.82) is 0 Å². The molecule has 0 radical (unpaired) electrons. The zero-order chi connectivity index (χ0) is 32.1. The first kappa shape index (κ1) is 34.8. The van der Waals surface area contributed by atoms with E-state index >= 15 is 0 Å². The van der Waals surface area contributed by atoms with Crippen LogP contribution in [0.2, 0.25) is 0 Å². The number of amides is 5. The van der Waals surface area contributed by atoms with Crippen LogP contribution in [0.1, 0.15) is 66.8 Å². The monoisotopic (exact) mass is 617 g/mol. The van der Waals surface area contributed by atoms with E-state index in [1.165, 1.54) is 0 Å². The Balaban J connectivity index is 1.23. The molecule has 2 N–H and O–H groups in total. The average Bonchev–Trinajstić information content (AvgIpc) is 3.20. The zero-order valence-corrected chi connectivity index (χ0v) is 25.8. The molecule has 2 aliphatic rings. The molecule has 44 heavy (non-hydrogen) atoms. The molecule has 1 aromatic carbocycles. The predicted octanol–water partition coefficient (Wildman–Crippen LogP) is 2.33. The van der Waals surface area contributed by atoms with Gasteiger partial charge < -0.3 is 29.0 Å². The van der Waals surface area contributed by atoms with Crippen LogP contribution in [0.25, 0.3) is 6.08 Å². The Morgan fingerprint density at radius 3 is 2.20 bits per heavy atom. The Morgan fingerprint density at radius 2 is 1.57 bits per heavy atom. The van der Waals surface area contributed by atoms with Gasteiger partial charge in [0.1, 0.15) is 11.6 Å². The van der Waals surface area contributed by atoms with Gasteiger partial charge in [0.15, 0.2) is 0 Å². The van der Waals surface area contributed by atoms with Gasteiger partial charge in [-0.2, -0.15) is 0 Å². The van der Waals surface area contributed by atoms with Crippen molar-refractivity contribution in [1.82, 2.24) is 15.5 Å². The highest BCUT2D eigenvalue weighted by atomic mass is 16.6. The van der Waals surface area contributed by atoms with Crippen LogP contribution in [0.15, 0.2) is 24.3 Å². The normalized spacial score (nSPS) is 17.6. The van der Waals surface area contributed by atoms with E-state index in [0.29, 0.717) is 59.4 Å². The lowest BCUT2D eigenvalue weighted by Crippen LogP contribution is -2.54. The van der Waals surface area contributed by atoms with Gasteiger partial charge in [-0.25, -0.2) is 4.79 Å². The molecule has 13 nitrogen and oxygen atoms in total. The van der Waals surface area contributed by atoms with Gasteiger partial charge in [-0.3, -0.25) is 29.4 Å². The summed E-state index contributed by atoms with van der Waals surface area (Å²) in [5.41, 5.74) is 0.702. The van der Waals surface area contributed by atoms with E-state index in [1.54, 1.807) is 39.0 Å². The Bertz CT molecular complexity index is 1210. The molecule has 0 saturated carbocycles. The van der Waals surface area contributed by atoms with Gasteiger partial charge in [0.05, 0.1) is 64.0 Å². The zero-order valence-electron chi connectivity index (χ0n) is 25.8. The molecule has 2 unspecified atom stereocenters. The SMILES string of the molecule is CC(/C=C/c1ccc2c(c1)C(=O)N(C1CCC(=O)NC1=O)C2=O)COCCOCCOCCOCCNC(=O)OC(C)(C)C. The number of hydrogen-bond acceptors (Lipinski definition) is 10. The summed E-state index contributed by atoms with van der Waals surface area (Å²) in [6.45, 7) is 11.1. The minimum Gasteiger partial charge on any atom is -0.444 e. The fraction of sp³-hybridized carbons (Fsp3) is 0.581. The maximum Gasteiger partial charge on any atom is 0.407 e. The molecular formula is C31H43N3O10. The highest BCUT2D eigenvalue weighted by Gasteiger charge is 2.44. The molecule has 0 aliphatic carbocycles. The quantitative estimate of drug-likeness (QED) is 0.196. The van der Waals surface area contributed by atoms with Gasteiger partial charge in [-0.05, 0) is 50.8 Å². The maximum absolute atomic E-state index is 13.0. The average molecular weight is 618 g/mol. The maximum atomic E-state index is 13.0. The van der Waals surface area contributed by atoms with E-state index in [9.17, 15) is 24.0 Å². The lowest BCUT2D eigenvalue weighted by Gasteiger charge is -2.27. The van der Waals surface area contributed by atoms with E-state index in [4.69, 9.17) is 23.7 Å². The molecule has 2 heterocycles. The lowest BCUT2D eigenvalue weighted by molar-refractivity contribution is -0.136. The van der Waals surface area contributed by atoms with Crippen LogP contribution >= 0.6 is 0 Å². The highest BCUT2D eigenvalue weighted by molar-refractivity contribution is 6.23. The van der Waals surface area contributed by atoms with Crippen molar-refractivity contribution in [2.75, 3.05) is 59.4 Å². The molecule has 2 atom stereocenters. The van der Waals surface area contributed by atoms with Gasteiger partial charge in [-0.15, -0.1) is 0 Å². The van der Waals surface area contributed by atoms with E-state index in [0.717, 1.165) is 10.5 Å². The fourth-order valence-electron chi connectivity index (χ4n) is 4.39. The number of benzene rings is 1. The number of carbonyl (C=O) groups is 5. The molecule has 0 aromatic heterocycles. The third kappa shape index (κ3) is 11.1. The smallest absolute Gasteiger partial charge is 0.407 e. The van der Waals surface area contributed by atoms with Gasteiger partial charge in [0, 0.05) is 13.0 Å². The summed E-state index contributed by atoms with van der Waals surface area (Å²) in [5.74, 6) is -2.01. The first-order valence-corrected chi connectivity index (χ1v) is 14.8. The van der Waals surface area contributed by atoms with Crippen LogP contribution in [0.4, 0.5) is 4.79 Å². The van der Waals surface area contributed by atoms with Crippen molar-refractivity contribution in [3.63, 3.8) is 0 Å². The van der Waals surface area contributed by atoms with E-state index in [2.05, 4.69) is 10.6 Å². The second kappa shape index (κ2) is 17.0. The number of fused-ring (bicyclic) bond motifs is 1. The van der Waals surface area contributed by atoms with Crippen molar-refractivity contribution < 1.29 is 47.7 Å². The summed E-state index contributed by atoms with van der Waals surface area (Å²) in [6, 6.07) is 3.98.